The van der Waals surface area contributed by atoms with E-state index in [9.17, 15) is 9.90 Å². The molecule has 1 aromatic heterocycles. The summed E-state index contributed by atoms with van der Waals surface area (Å²) in [6.45, 7) is 5.96. The highest BCUT2D eigenvalue weighted by atomic mass is 16.4. The second-order valence-electron chi connectivity index (χ2n) is 6.80. The first-order valence-electron chi connectivity index (χ1n) is 9.96. The quantitative estimate of drug-likeness (QED) is 0.364. The molecule has 24 heavy (non-hydrogen) atoms. The lowest BCUT2D eigenvalue weighted by molar-refractivity contribution is -0.703. The number of hydrogen-bond acceptors (Lipinski definition) is 2. The summed E-state index contributed by atoms with van der Waals surface area (Å²) >= 11 is 0. The number of rotatable bonds is 15. The molecule has 1 aromatic rings. The highest BCUT2D eigenvalue weighted by Gasteiger charge is 2.15. The fraction of sp³-hybridized carbons (Fsp3) is 0.800. The molecule has 0 N–H and O–H groups in total. The van der Waals surface area contributed by atoms with Crippen LogP contribution in [0.1, 0.15) is 90.3 Å². The van der Waals surface area contributed by atoms with Crippen molar-refractivity contribution < 1.29 is 14.5 Å². The van der Waals surface area contributed by atoms with Crippen molar-refractivity contribution in [2.24, 2.45) is 0 Å². The number of carboxylic acids is 1. The smallest absolute Gasteiger partial charge is 0.256 e. The summed E-state index contributed by atoms with van der Waals surface area (Å²) in [6, 6.07) is 0. The molecule has 0 unspecified atom stereocenters. The Morgan fingerprint density at radius 1 is 1.00 bits per heavy atom. The SMILES string of the molecule is CCCCCCCCCCCc1n(CCC(=O)[O-])cc[n+]1CCC. The molecule has 0 spiro atoms. The van der Waals surface area contributed by atoms with E-state index < -0.39 is 5.97 Å². The molecular weight excluding hydrogens is 300 g/mol. The van der Waals surface area contributed by atoms with Crippen LogP contribution < -0.4 is 9.67 Å². The zero-order valence-corrected chi connectivity index (χ0v) is 15.8. The maximum atomic E-state index is 10.7. The Bertz CT molecular complexity index is 454. The van der Waals surface area contributed by atoms with Crippen LogP contribution in [0.25, 0.3) is 0 Å². The molecule has 0 fully saturated rings. The van der Waals surface area contributed by atoms with E-state index in [1.54, 1.807) is 0 Å². The third kappa shape index (κ3) is 8.51. The van der Waals surface area contributed by atoms with E-state index in [0.717, 1.165) is 19.4 Å². The molecule has 1 heterocycles. The maximum absolute atomic E-state index is 10.7. The van der Waals surface area contributed by atoms with Gasteiger partial charge < -0.3 is 9.90 Å². The summed E-state index contributed by atoms with van der Waals surface area (Å²) in [5.74, 6) is 0.292. The number of nitrogens with zero attached hydrogens (tertiary/aromatic N) is 2. The average molecular weight is 337 g/mol. The van der Waals surface area contributed by atoms with E-state index in [1.165, 1.54) is 63.6 Å². The second kappa shape index (κ2) is 13.0. The molecule has 0 saturated heterocycles. The van der Waals surface area contributed by atoms with Crippen LogP contribution in [0.4, 0.5) is 0 Å². The number of aliphatic carboxylic acids is 1. The monoisotopic (exact) mass is 336 g/mol. The van der Waals surface area contributed by atoms with Crippen molar-refractivity contribution in [3.63, 3.8) is 0 Å². The Hall–Kier alpha value is -1.32. The topological polar surface area (TPSA) is 48.9 Å². The summed E-state index contributed by atoms with van der Waals surface area (Å²) in [4.78, 5) is 10.7. The molecule has 4 heteroatoms. The lowest BCUT2D eigenvalue weighted by Gasteiger charge is -2.06. The van der Waals surface area contributed by atoms with Gasteiger partial charge in [-0.25, -0.2) is 9.13 Å². The van der Waals surface area contributed by atoms with Gasteiger partial charge in [0.2, 0.25) is 0 Å². The van der Waals surface area contributed by atoms with E-state index in [4.69, 9.17) is 0 Å². The Balaban J connectivity index is 2.31. The largest absolute Gasteiger partial charge is 0.550 e. The van der Waals surface area contributed by atoms with E-state index in [2.05, 4.69) is 29.2 Å². The van der Waals surface area contributed by atoms with Gasteiger partial charge in [0.05, 0.1) is 13.1 Å². The molecule has 0 amide bonds. The van der Waals surface area contributed by atoms with Gasteiger partial charge in [0.1, 0.15) is 12.4 Å². The van der Waals surface area contributed by atoms with Gasteiger partial charge >= 0.3 is 0 Å². The van der Waals surface area contributed by atoms with Crippen LogP contribution in [0.2, 0.25) is 0 Å². The Kier molecular flexibility index (Phi) is 11.2. The van der Waals surface area contributed by atoms with Gasteiger partial charge in [0.25, 0.3) is 5.82 Å². The van der Waals surface area contributed by atoms with Gasteiger partial charge in [-0.1, -0.05) is 65.2 Å². The summed E-state index contributed by atoms with van der Waals surface area (Å²) < 4.78 is 4.37. The van der Waals surface area contributed by atoms with Gasteiger partial charge in [0, 0.05) is 18.8 Å². The van der Waals surface area contributed by atoms with Crippen molar-refractivity contribution in [1.29, 1.82) is 0 Å². The first kappa shape index (κ1) is 20.7. The van der Waals surface area contributed by atoms with E-state index in [-0.39, 0.29) is 6.42 Å². The fourth-order valence-electron chi connectivity index (χ4n) is 3.24. The molecular formula is C20H36N2O2. The number of imidazole rings is 1. The Labute approximate surface area is 147 Å². The molecule has 138 valence electrons. The number of carbonyl (C=O) groups is 1. The summed E-state index contributed by atoms with van der Waals surface area (Å²) in [5.41, 5.74) is 0. The predicted octanol–water partition coefficient (Wildman–Crippen LogP) is 3.40. The van der Waals surface area contributed by atoms with E-state index >= 15 is 0 Å². The molecule has 1 rings (SSSR count). The van der Waals surface area contributed by atoms with Crippen molar-refractivity contribution in [2.75, 3.05) is 0 Å². The van der Waals surface area contributed by atoms with Crippen molar-refractivity contribution in [3.8, 4) is 0 Å². The highest BCUT2D eigenvalue weighted by molar-refractivity contribution is 5.64. The molecule has 0 atom stereocenters. The molecule has 0 saturated carbocycles. The van der Waals surface area contributed by atoms with Crippen LogP contribution in [0.5, 0.6) is 0 Å². The van der Waals surface area contributed by atoms with Crippen molar-refractivity contribution >= 4 is 5.97 Å². The standard InChI is InChI=1S/C20H36N2O2/c1-3-5-6-7-8-9-10-11-12-13-19-21(15-4-2)17-18-22(19)16-14-20(23)24/h17-18H,3-16H2,1-2H3. The molecule has 0 aliphatic heterocycles. The van der Waals surface area contributed by atoms with Crippen LogP contribution in [-0.2, 0) is 24.3 Å². The zero-order valence-electron chi connectivity index (χ0n) is 15.8. The number of unbranched alkanes of at least 4 members (excludes halogenated alkanes) is 8. The molecule has 0 aromatic carbocycles. The lowest BCUT2D eigenvalue weighted by atomic mass is 10.1. The Morgan fingerprint density at radius 2 is 1.62 bits per heavy atom. The van der Waals surface area contributed by atoms with Gasteiger partial charge in [-0.3, -0.25) is 0 Å². The number of aromatic nitrogens is 2. The number of carbonyl (C=O) groups excluding carboxylic acids is 1. The molecule has 4 nitrogen and oxygen atoms in total. The van der Waals surface area contributed by atoms with Crippen molar-refractivity contribution in [1.82, 2.24) is 4.57 Å². The van der Waals surface area contributed by atoms with Crippen LogP contribution in [0, 0.1) is 0 Å². The number of carboxylic acid groups (broad SMARTS) is 1. The summed E-state index contributed by atoms with van der Waals surface area (Å²) in [5, 5.41) is 10.7. The molecule has 0 aliphatic carbocycles. The van der Waals surface area contributed by atoms with Crippen LogP contribution in [0.15, 0.2) is 12.4 Å². The first-order valence-corrected chi connectivity index (χ1v) is 9.96. The Morgan fingerprint density at radius 3 is 2.21 bits per heavy atom. The zero-order chi connectivity index (χ0) is 17.6. The van der Waals surface area contributed by atoms with Gasteiger partial charge in [-0.15, -0.1) is 0 Å². The van der Waals surface area contributed by atoms with Crippen LogP contribution in [-0.4, -0.2) is 10.5 Å². The van der Waals surface area contributed by atoms with Crippen molar-refractivity contribution in [3.05, 3.63) is 18.2 Å². The van der Waals surface area contributed by atoms with Gasteiger partial charge in [-0.2, -0.15) is 0 Å². The van der Waals surface area contributed by atoms with Crippen molar-refractivity contribution in [2.45, 2.75) is 104 Å². The molecule has 0 radical (unpaired) electrons. The van der Waals surface area contributed by atoms with Gasteiger partial charge in [-0.05, 0) is 12.8 Å². The minimum atomic E-state index is -0.972. The fourth-order valence-corrected chi connectivity index (χ4v) is 3.24. The minimum absolute atomic E-state index is 0.0889. The predicted molar refractivity (Wildman–Crippen MR) is 95.5 cm³/mol. The second-order valence-corrected chi connectivity index (χ2v) is 6.80. The maximum Gasteiger partial charge on any atom is 0.256 e. The van der Waals surface area contributed by atoms with Crippen LogP contribution >= 0.6 is 0 Å². The van der Waals surface area contributed by atoms with Gasteiger partial charge in [0.15, 0.2) is 0 Å². The third-order valence-electron chi connectivity index (χ3n) is 4.61. The van der Waals surface area contributed by atoms with Crippen LogP contribution in [0.3, 0.4) is 0 Å². The number of hydrogen-bond donors (Lipinski definition) is 0. The molecule has 0 bridgehead atoms. The normalized spacial score (nSPS) is 11.1. The summed E-state index contributed by atoms with van der Waals surface area (Å²) in [7, 11) is 0. The highest BCUT2D eigenvalue weighted by Crippen LogP contribution is 2.11. The van der Waals surface area contributed by atoms with E-state index in [0.29, 0.717) is 6.54 Å². The molecule has 0 aliphatic rings. The minimum Gasteiger partial charge on any atom is -0.550 e. The first-order chi connectivity index (χ1) is 11.7. The average Bonchev–Trinajstić information content (AvgIpc) is 2.94. The third-order valence-corrected chi connectivity index (χ3v) is 4.61. The number of aryl methyl sites for hydroxylation is 2. The summed E-state index contributed by atoms with van der Waals surface area (Å²) in [6.07, 6.45) is 18.3. The van der Waals surface area contributed by atoms with E-state index in [1.807, 2.05) is 6.20 Å². The lowest BCUT2D eigenvalue weighted by Crippen LogP contribution is -2.37.